The normalized spacial score (nSPS) is 11.6. The van der Waals surface area contributed by atoms with E-state index in [1.807, 2.05) is 0 Å². The van der Waals surface area contributed by atoms with E-state index in [1.165, 1.54) is 0 Å². The molecule has 100 valence electrons. The molecule has 0 atom stereocenters. The number of oxime groups is 1. The van der Waals surface area contributed by atoms with Gasteiger partial charge in [-0.25, -0.2) is 8.78 Å². The molecule has 0 fully saturated rings. The number of rotatable bonds is 6. The Morgan fingerprint density at radius 3 is 2.44 bits per heavy atom. The number of benzene rings is 1. The summed E-state index contributed by atoms with van der Waals surface area (Å²) in [5.41, 5.74) is 5.16. The molecule has 3 N–H and O–H groups in total. The summed E-state index contributed by atoms with van der Waals surface area (Å²) in [5, 5.41) is 11.1. The molecule has 0 aliphatic carbocycles. The van der Waals surface area contributed by atoms with E-state index in [2.05, 4.69) is 5.16 Å². The zero-order valence-electron chi connectivity index (χ0n) is 9.82. The number of nitrogens with zero attached hydrogens (tertiary/aromatic N) is 1. The molecule has 0 unspecified atom stereocenters. The summed E-state index contributed by atoms with van der Waals surface area (Å²) in [5.74, 6) is -2.74. The molecule has 1 rings (SSSR count). The first-order chi connectivity index (χ1) is 8.60. The van der Waals surface area contributed by atoms with E-state index in [0.717, 1.165) is 12.1 Å². The van der Waals surface area contributed by atoms with E-state index < -0.39 is 17.4 Å². The van der Waals surface area contributed by atoms with Crippen LogP contribution in [0.4, 0.5) is 8.78 Å². The van der Waals surface area contributed by atoms with Crippen LogP contribution in [0.5, 0.6) is 5.75 Å². The Labute approximate surface area is 103 Å². The second-order valence-corrected chi connectivity index (χ2v) is 3.30. The molecule has 7 heteroatoms. The molecule has 0 radical (unpaired) electrons. The van der Waals surface area contributed by atoms with E-state index in [9.17, 15) is 8.78 Å². The molecule has 0 aliphatic rings. The summed E-state index contributed by atoms with van der Waals surface area (Å²) in [6, 6.07) is 1.85. The van der Waals surface area contributed by atoms with Gasteiger partial charge in [-0.2, -0.15) is 0 Å². The highest BCUT2D eigenvalue weighted by Gasteiger charge is 2.14. The first-order valence-electron chi connectivity index (χ1n) is 5.27. The van der Waals surface area contributed by atoms with Crippen LogP contribution in [0, 0.1) is 11.6 Å². The molecule has 0 saturated heterocycles. The lowest BCUT2D eigenvalue weighted by molar-refractivity contribution is 0.107. The fourth-order valence-electron chi connectivity index (χ4n) is 1.25. The summed E-state index contributed by atoms with van der Waals surface area (Å²) in [6.07, 6.45) is 0. The lowest BCUT2D eigenvalue weighted by Crippen LogP contribution is -2.15. The number of hydrogen-bond acceptors (Lipinski definition) is 4. The molecular weight excluding hydrogens is 246 g/mol. The van der Waals surface area contributed by atoms with Gasteiger partial charge in [0, 0.05) is 12.2 Å². The lowest BCUT2D eigenvalue weighted by atomic mass is 10.2. The van der Waals surface area contributed by atoms with Crippen LogP contribution < -0.4 is 10.5 Å². The van der Waals surface area contributed by atoms with Gasteiger partial charge < -0.3 is 20.4 Å². The van der Waals surface area contributed by atoms with E-state index >= 15 is 0 Å². The maximum atomic E-state index is 13.5. The van der Waals surface area contributed by atoms with Crippen molar-refractivity contribution >= 4 is 5.84 Å². The van der Waals surface area contributed by atoms with Crippen molar-refractivity contribution in [2.45, 2.75) is 6.92 Å². The predicted octanol–water partition coefficient (Wildman–Crippen LogP) is 1.47. The van der Waals surface area contributed by atoms with E-state index in [0.29, 0.717) is 6.61 Å². The van der Waals surface area contributed by atoms with E-state index in [4.69, 9.17) is 20.4 Å². The SMILES string of the molecule is CCOCCOc1c(F)cc(C(N)=NO)cc1F. The largest absolute Gasteiger partial charge is 0.485 e. The van der Waals surface area contributed by atoms with Crippen LogP contribution in [0.25, 0.3) is 0 Å². The van der Waals surface area contributed by atoms with Gasteiger partial charge in [-0.05, 0) is 19.1 Å². The molecule has 5 nitrogen and oxygen atoms in total. The Morgan fingerprint density at radius 1 is 1.33 bits per heavy atom. The van der Waals surface area contributed by atoms with Gasteiger partial charge in [-0.15, -0.1) is 0 Å². The van der Waals surface area contributed by atoms with Crippen LogP contribution in [0.2, 0.25) is 0 Å². The van der Waals surface area contributed by atoms with Crippen molar-refractivity contribution in [1.29, 1.82) is 0 Å². The minimum absolute atomic E-state index is 0.0323. The second kappa shape index (κ2) is 6.75. The summed E-state index contributed by atoms with van der Waals surface area (Å²) < 4.78 is 36.9. The van der Waals surface area contributed by atoms with Gasteiger partial charge in [0.1, 0.15) is 6.61 Å². The van der Waals surface area contributed by atoms with Crippen molar-refractivity contribution in [3.63, 3.8) is 0 Å². The van der Waals surface area contributed by atoms with Gasteiger partial charge in [-0.1, -0.05) is 5.16 Å². The van der Waals surface area contributed by atoms with Crippen LogP contribution in [-0.4, -0.2) is 30.9 Å². The fourth-order valence-corrected chi connectivity index (χ4v) is 1.25. The molecule has 1 aromatic carbocycles. The fraction of sp³-hybridized carbons (Fsp3) is 0.364. The van der Waals surface area contributed by atoms with Crippen LogP contribution in [0.15, 0.2) is 17.3 Å². The lowest BCUT2D eigenvalue weighted by Gasteiger charge is -2.09. The smallest absolute Gasteiger partial charge is 0.190 e. The topological polar surface area (TPSA) is 77.1 Å². The zero-order valence-corrected chi connectivity index (χ0v) is 9.82. The molecule has 0 aromatic heterocycles. The molecule has 0 amide bonds. The highest BCUT2D eigenvalue weighted by Crippen LogP contribution is 2.23. The highest BCUT2D eigenvalue weighted by molar-refractivity contribution is 5.97. The van der Waals surface area contributed by atoms with Gasteiger partial charge in [0.05, 0.1) is 6.61 Å². The summed E-state index contributed by atoms with van der Waals surface area (Å²) in [4.78, 5) is 0. The van der Waals surface area contributed by atoms with Crippen molar-refractivity contribution in [2.75, 3.05) is 19.8 Å². The predicted molar refractivity (Wildman–Crippen MR) is 60.9 cm³/mol. The number of nitrogens with two attached hydrogens (primary N) is 1. The molecule has 0 saturated carbocycles. The van der Waals surface area contributed by atoms with E-state index in [-0.39, 0.29) is 24.6 Å². The van der Waals surface area contributed by atoms with Gasteiger partial charge in [-0.3, -0.25) is 0 Å². The number of halogens is 2. The quantitative estimate of drug-likeness (QED) is 0.267. The van der Waals surface area contributed by atoms with Crippen molar-refractivity contribution in [3.8, 4) is 5.75 Å². The number of ether oxygens (including phenoxy) is 2. The Balaban J connectivity index is 2.81. The van der Waals surface area contributed by atoms with Gasteiger partial charge >= 0.3 is 0 Å². The van der Waals surface area contributed by atoms with Crippen LogP contribution in [-0.2, 0) is 4.74 Å². The Morgan fingerprint density at radius 2 is 1.94 bits per heavy atom. The third kappa shape index (κ3) is 3.56. The molecule has 0 bridgehead atoms. The first kappa shape index (κ1) is 14.2. The van der Waals surface area contributed by atoms with Crippen molar-refractivity contribution < 1.29 is 23.5 Å². The minimum Gasteiger partial charge on any atom is -0.485 e. The average molecular weight is 260 g/mol. The van der Waals surface area contributed by atoms with Crippen LogP contribution >= 0.6 is 0 Å². The minimum atomic E-state index is -0.923. The molecule has 0 heterocycles. The summed E-state index contributed by atoms with van der Waals surface area (Å²) >= 11 is 0. The molecule has 18 heavy (non-hydrogen) atoms. The first-order valence-corrected chi connectivity index (χ1v) is 5.27. The maximum Gasteiger partial charge on any atom is 0.190 e. The Hall–Kier alpha value is -1.89. The van der Waals surface area contributed by atoms with Crippen molar-refractivity contribution in [1.82, 2.24) is 0 Å². The van der Waals surface area contributed by atoms with Crippen LogP contribution in [0.3, 0.4) is 0 Å². The second-order valence-electron chi connectivity index (χ2n) is 3.30. The van der Waals surface area contributed by atoms with Crippen molar-refractivity contribution in [2.24, 2.45) is 10.9 Å². The zero-order chi connectivity index (χ0) is 13.5. The van der Waals surface area contributed by atoms with Gasteiger partial charge in [0.15, 0.2) is 23.2 Å². The summed E-state index contributed by atoms with van der Waals surface area (Å²) in [7, 11) is 0. The van der Waals surface area contributed by atoms with Crippen LogP contribution in [0.1, 0.15) is 12.5 Å². The molecule has 0 spiro atoms. The summed E-state index contributed by atoms with van der Waals surface area (Å²) in [6.45, 7) is 2.56. The van der Waals surface area contributed by atoms with E-state index in [1.54, 1.807) is 6.92 Å². The highest BCUT2D eigenvalue weighted by atomic mass is 19.1. The molecular formula is C11H14F2N2O3. The average Bonchev–Trinajstić information content (AvgIpc) is 2.35. The molecule has 0 aliphatic heterocycles. The third-order valence-electron chi connectivity index (χ3n) is 2.08. The molecule has 1 aromatic rings. The Bertz CT molecular complexity index is 415. The standard InChI is InChI=1S/C11H14F2N2O3/c1-2-17-3-4-18-10-8(12)5-7(6-9(10)13)11(14)15-16/h5-6,16H,2-4H2,1H3,(H2,14,15). The Kier molecular flexibility index (Phi) is 5.31. The third-order valence-corrected chi connectivity index (χ3v) is 2.08. The number of hydrogen-bond donors (Lipinski definition) is 2. The van der Waals surface area contributed by atoms with Gasteiger partial charge in [0.2, 0.25) is 0 Å². The monoisotopic (exact) mass is 260 g/mol. The number of amidine groups is 1. The maximum absolute atomic E-state index is 13.5. The van der Waals surface area contributed by atoms with Gasteiger partial charge in [0.25, 0.3) is 0 Å². The van der Waals surface area contributed by atoms with Crippen molar-refractivity contribution in [3.05, 3.63) is 29.3 Å².